The fourth-order valence-electron chi connectivity index (χ4n) is 4.90. The van der Waals surface area contributed by atoms with Crippen molar-refractivity contribution in [1.82, 2.24) is 4.98 Å². The molecule has 0 amide bonds. The first-order valence-corrected chi connectivity index (χ1v) is 11.0. The molecule has 4 nitrogen and oxygen atoms in total. The second kappa shape index (κ2) is 8.39. The van der Waals surface area contributed by atoms with Gasteiger partial charge in [0.2, 0.25) is 0 Å². The number of fused-ring (bicyclic) bond motifs is 6. The number of rotatable bonds is 1. The Labute approximate surface area is 186 Å². The highest BCUT2D eigenvalue weighted by Gasteiger charge is 2.20. The van der Waals surface area contributed by atoms with E-state index in [9.17, 15) is 10.1 Å². The third-order valence-electron chi connectivity index (χ3n) is 6.52. The van der Waals surface area contributed by atoms with Gasteiger partial charge in [0.05, 0.1) is 10.3 Å². The Hall–Kier alpha value is -3.79. The molecule has 6 rings (SSSR count). The lowest BCUT2D eigenvalue weighted by Gasteiger charge is -2.24. The van der Waals surface area contributed by atoms with E-state index >= 15 is 0 Å². The van der Waals surface area contributed by atoms with Gasteiger partial charge in [-0.15, -0.1) is 0 Å². The third-order valence-corrected chi connectivity index (χ3v) is 6.52. The number of nitrogens with zero attached hydrogens (tertiary/aromatic N) is 2. The van der Waals surface area contributed by atoms with Crippen molar-refractivity contribution >= 4 is 38.0 Å². The Morgan fingerprint density at radius 3 is 2.41 bits per heavy atom. The van der Waals surface area contributed by atoms with Gasteiger partial charge in [-0.25, -0.2) is 0 Å². The Morgan fingerprint density at radius 2 is 1.59 bits per heavy atom. The van der Waals surface area contributed by atoms with E-state index in [0.717, 1.165) is 22.6 Å². The number of non-ortho nitro benzene ring substituents is 1. The molecular formula is C28H24N2O2. The van der Waals surface area contributed by atoms with Crippen LogP contribution in [0.2, 0.25) is 0 Å². The zero-order valence-corrected chi connectivity index (χ0v) is 18.0. The van der Waals surface area contributed by atoms with Crippen LogP contribution in [-0.4, -0.2) is 9.91 Å². The minimum absolute atomic E-state index is 0.186. The third kappa shape index (κ3) is 3.58. The van der Waals surface area contributed by atoms with Gasteiger partial charge in [0.25, 0.3) is 5.69 Å². The molecule has 0 fully saturated rings. The van der Waals surface area contributed by atoms with Crippen LogP contribution in [0.3, 0.4) is 0 Å². The van der Waals surface area contributed by atoms with Gasteiger partial charge in [-0.1, -0.05) is 61.5 Å². The van der Waals surface area contributed by atoms with Crippen molar-refractivity contribution in [3.63, 3.8) is 0 Å². The summed E-state index contributed by atoms with van der Waals surface area (Å²) in [6.45, 7) is 2.29. The molecule has 0 radical (unpaired) electrons. The van der Waals surface area contributed by atoms with Crippen LogP contribution in [0.5, 0.6) is 0 Å². The van der Waals surface area contributed by atoms with E-state index in [1.165, 1.54) is 40.1 Å². The molecule has 1 heterocycles. The van der Waals surface area contributed by atoms with Gasteiger partial charge in [-0.05, 0) is 75.4 Å². The first-order valence-electron chi connectivity index (χ1n) is 11.0. The zero-order chi connectivity index (χ0) is 22.1. The lowest BCUT2D eigenvalue weighted by Crippen LogP contribution is -2.07. The number of aryl methyl sites for hydroxylation is 1. The van der Waals surface area contributed by atoms with Gasteiger partial charge >= 0.3 is 0 Å². The number of aromatic nitrogens is 1. The highest BCUT2D eigenvalue weighted by atomic mass is 16.6. The summed E-state index contributed by atoms with van der Waals surface area (Å²) in [5, 5.41) is 17.8. The van der Waals surface area contributed by atoms with Crippen molar-refractivity contribution in [2.45, 2.75) is 32.1 Å². The molecule has 1 aromatic heterocycles. The van der Waals surface area contributed by atoms with E-state index in [1.54, 1.807) is 12.1 Å². The Kier molecular flexibility index (Phi) is 5.28. The lowest BCUT2D eigenvalue weighted by atomic mass is 9.81. The van der Waals surface area contributed by atoms with Crippen molar-refractivity contribution in [3.05, 3.63) is 106 Å². The van der Waals surface area contributed by atoms with Crippen LogP contribution in [0.4, 0.5) is 5.69 Å². The van der Waals surface area contributed by atoms with Crippen LogP contribution in [-0.2, 0) is 6.42 Å². The maximum atomic E-state index is 11.2. The van der Waals surface area contributed by atoms with E-state index in [-0.39, 0.29) is 10.6 Å². The second-order valence-electron chi connectivity index (χ2n) is 8.44. The lowest BCUT2D eigenvalue weighted by molar-refractivity contribution is -0.383. The standard InChI is InChI=1S/C19H17NO2.C9H7N/c1-12-4-2-5-14-13(12)8-9-17-15-6-3-7-19(20(21)22)18(15)11-10-16(14)17;1-2-4-9-7-10-6-5-8(9)3-1/h3,6-12H,2,4-5H2,1H3;1-7H. The maximum Gasteiger partial charge on any atom is 0.277 e. The van der Waals surface area contributed by atoms with Crippen molar-refractivity contribution in [1.29, 1.82) is 0 Å². The topological polar surface area (TPSA) is 56.0 Å². The monoisotopic (exact) mass is 420 g/mol. The predicted octanol–water partition coefficient (Wildman–Crippen LogP) is 7.58. The molecule has 1 unspecified atom stereocenters. The van der Waals surface area contributed by atoms with Crippen LogP contribution in [0.1, 0.15) is 36.8 Å². The summed E-state index contributed by atoms with van der Waals surface area (Å²) in [5.41, 5.74) is 3.07. The molecule has 1 aliphatic rings. The number of benzene rings is 4. The molecule has 5 aromatic rings. The minimum Gasteiger partial charge on any atom is -0.264 e. The second-order valence-corrected chi connectivity index (χ2v) is 8.44. The van der Waals surface area contributed by atoms with Gasteiger partial charge in [0, 0.05) is 18.5 Å². The van der Waals surface area contributed by atoms with Crippen molar-refractivity contribution < 1.29 is 4.92 Å². The SMILES string of the molecule is CC1CCCc2c1ccc1c2ccc2c([N+](=O)[O-])cccc21.c1ccc2cnccc2c1. The Balaban J connectivity index is 0.000000180. The van der Waals surface area contributed by atoms with E-state index in [0.29, 0.717) is 5.92 Å². The number of nitro benzene ring substituents is 1. The molecule has 0 N–H and O–H groups in total. The van der Waals surface area contributed by atoms with E-state index in [4.69, 9.17) is 0 Å². The summed E-state index contributed by atoms with van der Waals surface area (Å²) in [4.78, 5) is 14.9. The summed E-state index contributed by atoms with van der Waals surface area (Å²) in [6, 6.07) is 23.9. The van der Waals surface area contributed by atoms with Gasteiger partial charge in [0.15, 0.2) is 0 Å². The number of hydrogen-bond donors (Lipinski definition) is 0. The summed E-state index contributed by atoms with van der Waals surface area (Å²) in [6.07, 6.45) is 7.26. The van der Waals surface area contributed by atoms with Gasteiger partial charge in [0.1, 0.15) is 0 Å². The number of pyridine rings is 1. The van der Waals surface area contributed by atoms with E-state index < -0.39 is 0 Å². The molecule has 0 spiro atoms. The molecule has 0 saturated carbocycles. The molecule has 4 aromatic carbocycles. The molecule has 0 bridgehead atoms. The molecule has 1 aliphatic carbocycles. The van der Waals surface area contributed by atoms with Crippen LogP contribution in [0, 0.1) is 10.1 Å². The number of nitro groups is 1. The first kappa shape index (κ1) is 20.1. The normalized spacial score (nSPS) is 15.2. The number of hydrogen-bond acceptors (Lipinski definition) is 3. The highest BCUT2D eigenvalue weighted by molar-refractivity contribution is 6.11. The van der Waals surface area contributed by atoms with Gasteiger partial charge < -0.3 is 0 Å². The molecule has 158 valence electrons. The molecule has 32 heavy (non-hydrogen) atoms. The molecule has 0 saturated heterocycles. The van der Waals surface area contributed by atoms with Crippen LogP contribution in [0.25, 0.3) is 32.3 Å². The average Bonchev–Trinajstić information content (AvgIpc) is 2.84. The van der Waals surface area contributed by atoms with Gasteiger partial charge in [-0.3, -0.25) is 15.1 Å². The Bertz CT molecular complexity index is 1390. The van der Waals surface area contributed by atoms with Crippen molar-refractivity contribution in [3.8, 4) is 0 Å². The summed E-state index contributed by atoms with van der Waals surface area (Å²) in [7, 11) is 0. The largest absolute Gasteiger partial charge is 0.277 e. The Morgan fingerprint density at radius 1 is 0.844 bits per heavy atom. The van der Waals surface area contributed by atoms with Crippen LogP contribution < -0.4 is 0 Å². The predicted molar refractivity (Wildman–Crippen MR) is 131 cm³/mol. The van der Waals surface area contributed by atoms with Crippen molar-refractivity contribution in [2.75, 3.05) is 0 Å². The van der Waals surface area contributed by atoms with E-state index in [2.05, 4.69) is 42.2 Å². The smallest absolute Gasteiger partial charge is 0.264 e. The molecule has 1 atom stereocenters. The molecular weight excluding hydrogens is 396 g/mol. The van der Waals surface area contributed by atoms with Crippen molar-refractivity contribution in [2.24, 2.45) is 0 Å². The first-order chi connectivity index (χ1) is 15.6. The van der Waals surface area contributed by atoms with E-state index in [1.807, 2.05) is 42.7 Å². The highest BCUT2D eigenvalue weighted by Crippen LogP contribution is 2.39. The van der Waals surface area contributed by atoms with Crippen LogP contribution in [0.15, 0.2) is 85.2 Å². The van der Waals surface area contributed by atoms with Gasteiger partial charge in [-0.2, -0.15) is 0 Å². The summed E-state index contributed by atoms with van der Waals surface area (Å²) >= 11 is 0. The summed E-state index contributed by atoms with van der Waals surface area (Å²) in [5.74, 6) is 0.606. The quantitative estimate of drug-likeness (QED) is 0.160. The minimum atomic E-state index is -0.297. The fraction of sp³-hybridized carbons (Fsp3) is 0.179. The fourth-order valence-corrected chi connectivity index (χ4v) is 4.90. The summed E-state index contributed by atoms with van der Waals surface area (Å²) < 4.78 is 0. The molecule has 4 heteroatoms. The maximum absolute atomic E-state index is 11.2. The average molecular weight is 421 g/mol. The molecule has 0 aliphatic heterocycles. The zero-order valence-electron chi connectivity index (χ0n) is 18.0. The van der Waals surface area contributed by atoms with Crippen LogP contribution >= 0.6 is 0 Å².